The van der Waals surface area contributed by atoms with Crippen molar-refractivity contribution in [2.75, 3.05) is 55.4 Å². The van der Waals surface area contributed by atoms with Gasteiger partial charge < -0.3 is 24.4 Å². The highest BCUT2D eigenvalue weighted by atomic mass is 32.2. The molecule has 3 aliphatic rings. The molecule has 0 aliphatic carbocycles. The number of hydrogen-bond donors (Lipinski definition) is 1. The van der Waals surface area contributed by atoms with Crippen molar-refractivity contribution in [3.8, 4) is 0 Å². The van der Waals surface area contributed by atoms with Gasteiger partial charge in [-0.1, -0.05) is 0 Å². The number of cyclic esters (lactones) is 1. The molecule has 11 nitrogen and oxygen atoms in total. The molecule has 0 saturated carbocycles. The second-order valence-corrected chi connectivity index (χ2v) is 10.3. The zero-order valence-electron chi connectivity index (χ0n) is 19.0. The summed E-state index contributed by atoms with van der Waals surface area (Å²) in [5.41, 5.74) is 0.775. The summed E-state index contributed by atoms with van der Waals surface area (Å²) in [5.74, 6) is -1.53. The third-order valence-electron chi connectivity index (χ3n) is 5.94. The number of nitrogens with one attached hydrogen (secondary N) is 1. The van der Waals surface area contributed by atoms with Crippen LogP contribution in [0.5, 0.6) is 0 Å². The largest absolute Gasteiger partial charge is 0.442 e. The summed E-state index contributed by atoms with van der Waals surface area (Å²) in [7, 11) is -3.56. The van der Waals surface area contributed by atoms with E-state index >= 15 is 0 Å². The molecule has 3 aliphatic heterocycles. The van der Waals surface area contributed by atoms with Crippen LogP contribution in [0.25, 0.3) is 0 Å². The van der Waals surface area contributed by atoms with Gasteiger partial charge in [-0.2, -0.15) is 8.42 Å². The summed E-state index contributed by atoms with van der Waals surface area (Å²) in [6.07, 6.45) is 0.364. The molecule has 188 valence electrons. The zero-order chi connectivity index (χ0) is 24.5. The van der Waals surface area contributed by atoms with E-state index < -0.39 is 40.0 Å². The number of amides is 2. The smallest absolute Gasteiger partial charge is 0.414 e. The molecule has 1 N–H and O–H groups in total. The SMILES string of the molecule is CC(=O)NC[C@H]1CN(c2ccc(N3CCC4(CC3)OCC(COS(C)(=O)=O)O4)c(F)c2)C(=O)O1. The second-order valence-electron chi connectivity index (χ2n) is 8.63. The molecular formula is C21H28FN3O8S. The number of ether oxygens (including phenoxy) is 3. The van der Waals surface area contributed by atoms with Gasteiger partial charge in [0.05, 0.1) is 43.9 Å². The maximum atomic E-state index is 15.0. The van der Waals surface area contributed by atoms with Gasteiger partial charge in [0.1, 0.15) is 18.0 Å². The first-order chi connectivity index (χ1) is 16.0. The lowest BCUT2D eigenvalue weighted by atomic mass is 10.0. The molecule has 1 spiro atoms. The number of carbonyl (C=O) groups excluding carboxylic acids is 2. The minimum Gasteiger partial charge on any atom is -0.442 e. The number of carbonyl (C=O) groups is 2. The second kappa shape index (κ2) is 9.64. The van der Waals surface area contributed by atoms with Gasteiger partial charge >= 0.3 is 6.09 Å². The van der Waals surface area contributed by atoms with Crippen molar-refractivity contribution in [3.05, 3.63) is 24.0 Å². The number of anilines is 2. The molecule has 13 heteroatoms. The van der Waals surface area contributed by atoms with Crippen LogP contribution in [0.4, 0.5) is 20.6 Å². The Morgan fingerprint density at radius 1 is 1.29 bits per heavy atom. The fourth-order valence-electron chi connectivity index (χ4n) is 4.27. The van der Waals surface area contributed by atoms with Crippen LogP contribution in [-0.4, -0.2) is 84.1 Å². The van der Waals surface area contributed by atoms with Crippen molar-refractivity contribution in [3.63, 3.8) is 0 Å². The predicted molar refractivity (Wildman–Crippen MR) is 118 cm³/mol. The minimum atomic E-state index is -3.56. The van der Waals surface area contributed by atoms with Crippen LogP contribution in [0.2, 0.25) is 0 Å². The number of nitrogens with zero attached hydrogens (tertiary/aromatic N) is 2. The highest BCUT2D eigenvalue weighted by Crippen LogP contribution is 2.37. The van der Waals surface area contributed by atoms with Crippen molar-refractivity contribution in [1.29, 1.82) is 0 Å². The average Bonchev–Trinajstić information content (AvgIpc) is 3.34. The molecule has 0 aromatic heterocycles. The van der Waals surface area contributed by atoms with Crippen molar-refractivity contribution in [1.82, 2.24) is 5.32 Å². The van der Waals surface area contributed by atoms with E-state index in [2.05, 4.69) is 5.32 Å². The number of rotatable bonds is 7. The molecule has 4 rings (SSSR count). The van der Waals surface area contributed by atoms with Crippen LogP contribution in [0.3, 0.4) is 0 Å². The highest BCUT2D eigenvalue weighted by Gasteiger charge is 2.44. The molecule has 2 amide bonds. The van der Waals surface area contributed by atoms with Gasteiger partial charge in [-0.15, -0.1) is 0 Å². The summed E-state index contributed by atoms with van der Waals surface area (Å²) in [6, 6.07) is 4.57. The fourth-order valence-corrected chi connectivity index (χ4v) is 4.66. The van der Waals surface area contributed by atoms with E-state index in [1.54, 1.807) is 12.1 Å². The van der Waals surface area contributed by atoms with Crippen molar-refractivity contribution < 1.29 is 40.8 Å². The Hall–Kier alpha value is -2.48. The van der Waals surface area contributed by atoms with E-state index in [4.69, 9.17) is 18.4 Å². The van der Waals surface area contributed by atoms with E-state index in [1.807, 2.05) is 4.90 Å². The van der Waals surface area contributed by atoms with E-state index in [1.165, 1.54) is 17.9 Å². The van der Waals surface area contributed by atoms with Crippen LogP contribution in [0, 0.1) is 5.82 Å². The molecule has 3 fully saturated rings. The topological polar surface area (TPSA) is 124 Å². The maximum Gasteiger partial charge on any atom is 0.414 e. The van der Waals surface area contributed by atoms with Crippen molar-refractivity contribution in [2.45, 2.75) is 37.8 Å². The molecule has 2 atom stereocenters. The predicted octanol–water partition coefficient (Wildman–Crippen LogP) is 0.975. The van der Waals surface area contributed by atoms with Crippen LogP contribution in [-0.2, 0) is 33.3 Å². The lowest BCUT2D eigenvalue weighted by molar-refractivity contribution is -0.182. The number of benzene rings is 1. The Kier molecular flexibility index (Phi) is 6.99. The van der Waals surface area contributed by atoms with E-state index in [0.29, 0.717) is 37.3 Å². The van der Waals surface area contributed by atoms with E-state index in [9.17, 15) is 22.4 Å². The van der Waals surface area contributed by atoms with Gasteiger partial charge in [0.25, 0.3) is 10.1 Å². The third kappa shape index (κ3) is 5.77. The molecule has 0 bridgehead atoms. The summed E-state index contributed by atoms with van der Waals surface area (Å²) < 4.78 is 59.1. The Labute approximate surface area is 197 Å². The van der Waals surface area contributed by atoms with Gasteiger partial charge in [-0.05, 0) is 18.2 Å². The van der Waals surface area contributed by atoms with Crippen molar-refractivity contribution in [2.24, 2.45) is 0 Å². The quantitative estimate of drug-likeness (QED) is 0.545. The summed E-state index contributed by atoms with van der Waals surface area (Å²) in [6.45, 7) is 2.85. The molecule has 1 aromatic rings. The van der Waals surface area contributed by atoms with Crippen LogP contribution < -0.4 is 15.1 Å². The Balaban J connectivity index is 1.33. The monoisotopic (exact) mass is 501 g/mol. The van der Waals surface area contributed by atoms with Gasteiger partial charge in [-0.25, -0.2) is 9.18 Å². The Bertz CT molecular complexity index is 1040. The van der Waals surface area contributed by atoms with Crippen LogP contribution in [0.15, 0.2) is 18.2 Å². The third-order valence-corrected chi connectivity index (χ3v) is 6.51. The summed E-state index contributed by atoms with van der Waals surface area (Å²) in [4.78, 5) is 26.5. The fraction of sp³-hybridized carbons (Fsp3) is 0.619. The van der Waals surface area contributed by atoms with E-state index in [0.717, 1.165) is 6.26 Å². The molecule has 0 radical (unpaired) electrons. The zero-order valence-corrected chi connectivity index (χ0v) is 19.8. The minimum absolute atomic E-state index is 0.106. The van der Waals surface area contributed by atoms with E-state index in [-0.39, 0.29) is 32.2 Å². The first-order valence-electron chi connectivity index (χ1n) is 11.0. The average molecular weight is 502 g/mol. The summed E-state index contributed by atoms with van der Waals surface area (Å²) >= 11 is 0. The number of hydrogen-bond acceptors (Lipinski definition) is 9. The van der Waals surface area contributed by atoms with Crippen LogP contribution >= 0.6 is 0 Å². The first kappa shape index (κ1) is 24.6. The Morgan fingerprint density at radius 2 is 2.03 bits per heavy atom. The van der Waals surface area contributed by atoms with Gasteiger partial charge in [-0.3, -0.25) is 13.9 Å². The molecular weight excluding hydrogens is 473 g/mol. The van der Waals surface area contributed by atoms with Gasteiger partial charge in [0.2, 0.25) is 5.91 Å². The summed E-state index contributed by atoms with van der Waals surface area (Å²) in [5, 5.41) is 2.60. The first-order valence-corrected chi connectivity index (χ1v) is 12.8. The Morgan fingerprint density at radius 3 is 2.68 bits per heavy atom. The highest BCUT2D eigenvalue weighted by molar-refractivity contribution is 7.85. The maximum absolute atomic E-state index is 15.0. The molecule has 34 heavy (non-hydrogen) atoms. The number of halogens is 1. The molecule has 3 heterocycles. The molecule has 1 aromatic carbocycles. The molecule has 1 unspecified atom stereocenters. The molecule has 3 saturated heterocycles. The van der Waals surface area contributed by atoms with Gasteiger partial charge in [0.15, 0.2) is 5.79 Å². The van der Waals surface area contributed by atoms with Crippen LogP contribution in [0.1, 0.15) is 19.8 Å². The van der Waals surface area contributed by atoms with Crippen molar-refractivity contribution >= 4 is 33.5 Å². The lowest BCUT2D eigenvalue weighted by Crippen LogP contribution is -2.46. The lowest BCUT2D eigenvalue weighted by Gasteiger charge is -2.39. The van der Waals surface area contributed by atoms with Gasteiger partial charge in [0, 0.05) is 32.9 Å². The normalized spacial score (nSPS) is 24.5. The standard InChI is InChI=1S/C21H28FN3O8S/c1-14(26)23-10-16-11-25(20(27)32-16)15-3-4-19(18(22)9-15)24-7-5-21(6-8-24)30-12-17(33-21)13-31-34(2,28)29/h3-4,9,16-17H,5-8,10-13H2,1-2H3,(H,23,26)/t16-,17?/m0/s1. The number of piperidine rings is 1.